The van der Waals surface area contributed by atoms with Crippen LogP contribution in [0.4, 0.5) is 5.82 Å². The van der Waals surface area contributed by atoms with E-state index in [4.69, 9.17) is 9.15 Å². The maximum absolute atomic E-state index is 13.0. The second-order valence-electron chi connectivity index (χ2n) is 7.75. The molecular formula is C25H22N4O4. The molecule has 0 bridgehead atoms. The van der Waals surface area contributed by atoms with E-state index < -0.39 is 5.63 Å². The number of methoxy groups -OCH3 is 1. The van der Waals surface area contributed by atoms with E-state index in [1.807, 2.05) is 42.5 Å². The number of para-hydroxylation sites is 1. The molecule has 1 saturated heterocycles. The van der Waals surface area contributed by atoms with Gasteiger partial charge < -0.3 is 19.0 Å². The number of hydrogen-bond donors (Lipinski definition) is 0. The number of piperazine rings is 1. The lowest BCUT2D eigenvalue weighted by molar-refractivity contribution is 0.0742. The Balaban J connectivity index is 1.30. The van der Waals surface area contributed by atoms with Crippen molar-refractivity contribution in [3.8, 4) is 17.0 Å². The SMILES string of the molecule is COc1ccc(-c2cc(N3CCN(C(=O)c4cc5ccccc5oc4=O)CC3)ncn2)cc1. The molecule has 0 atom stereocenters. The van der Waals surface area contributed by atoms with Crippen LogP contribution in [0.15, 0.2) is 76.2 Å². The first-order chi connectivity index (χ1) is 16.1. The summed E-state index contributed by atoms with van der Waals surface area (Å²) in [7, 11) is 1.63. The zero-order valence-electron chi connectivity index (χ0n) is 18.1. The second-order valence-corrected chi connectivity index (χ2v) is 7.75. The molecule has 4 aromatic rings. The van der Waals surface area contributed by atoms with E-state index in [-0.39, 0.29) is 11.5 Å². The highest BCUT2D eigenvalue weighted by molar-refractivity contribution is 5.96. The summed E-state index contributed by atoms with van der Waals surface area (Å²) in [6.45, 7) is 2.16. The van der Waals surface area contributed by atoms with E-state index >= 15 is 0 Å². The molecule has 0 unspecified atom stereocenters. The highest BCUT2D eigenvalue weighted by Crippen LogP contribution is 2.24. The minimum atomic E-state index is -0.610. The van der Waals surface area contributed by atoms with Crippen molar-refractivity contribution in [1.29, 1.82) is 0 Å². The van der Waals surface area contributed by atoms with Gasteiger partial charge >= 0.3 is 5.63 Å². The van der Waals surface area contributed by atoms with E-state index in [0.717, 1.165) is 28.2 Å². The van der Waals surface area contributed by atoms with E-state index in [1.165, 1.54) is 0 Å². The topological polar surface area (TPSA) is 88.8 Å². The molecule has 0 radical (unpaired) electrons. The van der Waals surface area contributed by atoms with Crippen LogP contribution in [0.25, 0.3) is 22.2 Å². The van der Waals surface area contributed by atoms with Gasteiger partial charge in [-0.2, -0.15) is 0 Å². The van der Waals surface area contributed by atoms with Gasteiger partial charge in [-0.1, -0.05) is 18.2 Å². The molecular weight excluding hydrogens is 420 g/mol. The maximum atomic E-state index is 13.0. The zero-order valence-corrected chi connectivity index (χ0v) is 18.1. The van der Waals surface area contributed by atoms with E-state index in [9.17, 15) is 9.59 Å². The van der Waals surface area contributed by atoms with Crippen molar-refractivity contribution < 1.29 is 13.9 Å². The van der Waals surface area contributed by atoms with Gasteiger partial charge in [-0.15, -0.1) is 0 Å². The number of anilines is 1. The molecule has 1 aliphatic rings. The van der Waals surface area contributed by atoms with Crippen molar-refractivity contribution in [2.75, 3.05) is 38.2 Å². The Kier molecular flexibility index (Phi) is 5.48. The number of amides is 1. The molecule has 1 amide bonds. The summed E-state index contributed by atoms with van der Waals surface area (Å²) >= 11 is 0. The molecule has 0 spiro atoms. The number of nitrogens with zero attached hydrogens (tertiary/aromatic N) is 4. The maximum Gasteiger partial charge on any atom is 0.349 e. The molecule has 3 heterocycles. The van der Waals surface area contributed by atoms with Crippen molar-refractivity contribution in [1.82, 2.24) is 14.9 Å². The molecule has 0 saturated carbocycles. The molecule has 0 N–H and O–H groups in total. The van der Waals surface area contributed by atoms with Crippen LogP contribution in [0.1, 0.15) is 10.4 Å². The zero-order chi connectivity index (χ0) is 22.8. The lowest BCUT2D eigenvalue weighted by atomic mass is 10.1. The highest BCUT2D eigenvalue weighted by Gasteiger charge is 2.25. The van der Waals surface area contributed by atoms with Crippen LogP contribution in [0.5, 0.6) is 5.75 Å². The Morgan fingerprint density at radius 1 is 0.970 bits per heavy atom. The number of benzene rings is 2. The van der Waals surface area contributed by atoms with Crippen molar-refractivity contribution in [3.63, 3.8) is 0 Å². The van der Waals surface area contributed by atoms with Gasteiger partial charge in [0.25, 0.3) is 5.91 Å². The van der Waals surface area contributed by atoms with Crippen molar-refractivity contribution in [2.45, 2.75) is 0 Å². The molecule has 8 heteroatoms. The van der Waals surface area contributed by atoms with Crippen molar-refractivity contribution >= 4 is 22.7 Å². The van der Waals surface area contributed by atoms with Gasteiger partial charge in [0, 0.05) is 43.2 Å². The van der Waals surface area contributed by atoms with Gasteiger partial charge in [0.1, 0.15) is 29.0 Å². The summed E-state index contributed by atoms with van der Waals surface area (Å²) in [5.41, 5.74) is 1.71. The third kappa shape index (κ3) is 4.15. The molecule has 33 heavy (non-hydrogen) atoms. The van der Waals surface area contributed by atoms with Gasteiger partial charge in [-0.05, 0) is 36.4 Å². The quantitative estimate of drug-likeness (QED) is 0.448. The first-order valence-electron chi connectivity index (χ1n) is 10.7. The summed E-state index contributed by atoms with van der Waals surface area (Å²) in [4.78, 5) is 38.0. The summed E-state index contributed by atoms with van der Waals surface area (Å²) < 4.78 is 10.5. The predicted molar refractivity (Wildman–Crippen MR) is 125 cm³/mol. The Bertz CT molecular complexity index is 1360. The number of rotatable bonds is 4. The molecule has 1 aliphatic heterocycles. The average molecular weight is 442 g/mol. The van der Waals surface area contributed by atoms with Crippen molar-refractivity contribution in [3.05, 3.63) is 83.0 Å². The first kappa shape index (κ1) is 20.7. The molecule has 2 aromatic carbocycles. The number of carbonyl (C=O) groups is 1. The van der Waals surface area contributed by atoms with Gasteiger partial charge in [0.15, 0.2) is 0 Å². The standard InChI is InChI=1S/C25H22N4O4/c1-32-19-8-6-17(7-9-19)21-15-23(27-16-26-21)28-10-12-29(13-11-28)24(30)20-14-18-4-2-3-5-22(18)33-25(20)31/h2-9,14-16H,10-13H2,1H3. The van der Waals surface area contributed by atoms with Crippen molar-refractivity contribution in [2.24, 2.45) is 0 Å². The molecule has 1 fully saturated rings. The van der Waals surface area contributed by atoms with Crippen LogP contribution in [-0.2, 0) is 0 Å². The second kappa shape index (κ2) is 8.74. The Morgan fingerprint density at radius 3 is 2.48 bits per heavy atom. The van der Waals surface area contributed by atoms with Gasteiger partial charge in [0.2, 0.25) is 0 Å². The first-order valence-corrected chi connectivity index (χ1v) is 10.7. The van der Waals surface area contributed by atoms with E-state index in [2.05, 4.69) is 14.9 Å². The number of fused-ring (bicyclic) bond motifs is 1. The Morgan fingerprint density at radius 2 is 1.73 bits per heavy atom. The molecule has 5 rings (SSSR count). The largest absolute Gasteiger partial charge is 0.497 e. The molecule has 2 aromatic heterocycles. The van der Waals surface area contributed by atoms with E-state index in [0.29, 0.717) is 31.8 Å². The van der Waals surface area contributed by atoms with Gasteiger partial charge in [-0.25, -0.2) is 14.8 Å². The third-order valence-electron chi connectivity index (χ3n) is 5.80. The van der Waals surface area contributed by atoms with Crippen LogP contribution in [0, 0.1) is 0 Å². The van der Waals surface area contributed by atoms with Crippen LogP contribution in [0.2, 0.25) is 0 Å². The summed E-state index contributed by atoms with van der Waals surface area (Å²) in [5.74, 6) is 1.28. The average Bonchev–Trinajstić information content (AvgIpc) is 2.88. The molecule has 8 nitrogen and oxygen atoms in total. The predicted octanol–water partition coefficient (Wildman–Crippen LogP) is 3.22. The molecule has 166 valence electrons. The number of ether oxygens (including phenoxy) is 1. The monoisotopic (exact) mass is 442 g/mol. The Hall–Kier alpha value is -4.20. The fourth-order valence-electron chi connectivity index (χ4n) is 3.96. The Labute approximate surface area is 190 Å². The van der Waals surface area contributed by atoms with Crippen LogP contribution >= 0.6 is 0 Å². The fourth-order valence-corrected chi connectivity index (χ4v) is 3.96. The number of hydrogen-bond acceptors (Lipinski definition) is 7. The summed E-state index contributed by atoms with van der Waals surface area (Å²) in [6, 6.07) is 18.4. The van der Waals surface area contributed by atoms with Crippen LogP contribution < -0.4 is 15.3 Å². The lowest BCUT2D eigenvalue weighted by Gasteiger charge is -2.35. The lowest BCUT2D eigenvalue weighted by Crippen LogP contribution is -2.49. The number of carbonyl (C=O) groups excluding carboxylic acids is 1. The highest BCUT2D eigenvalue weighted by atomic mass is 16.5. The third-order valence-corrected chi connectivity index (χ3v) is 5.80. The fraction of sp³-hybridized carbons (Fsp3) is 0.200. The molecule has 0 aliphatic carbocycles. The summed E-state index contributed by atoms with van der Waals surface area (Å²) in [6.07, 6.45) is 1.55. The van der Waals surface area contributed by atoms with Crippen LogP contribution in [-0.4, -0.2) is 54.1 Å². The smallest absolute Gasteiger partial charge is 0.349 e. The minimum absolute atomic E-state index is 0.0611. The van der Waals surface area contributed by atoms with Gasteiger partial charge in [0.05, 0.1) is 12.8 Å². The summed E-state index contributed by atoms with van der Waals surface area (Å²) in [5, 5.41) is 0.728. The van der Waals surface area contributed by atoms with E-state index in [1.54, 1.807) is 36.5 Å². The number of aromatic nitrogens is 2. The van der Waals surface area contributed by atoms with Crippen LogP contribution in [0.3, 0.4) is 0 Å². The minimum Gasteiger partial charge on any atom is -0.497 e. The van der Waals surface area contributed by atoms with Gasteiger partial charge in [-0.3, -0.25) is 4.79 Å². The normalized spacial score (nSPS) is 13.8.